The number of hydrogen-bond acceptors (Lipinski definition) is 3. The maximum Gasteiger partial charge on any atom is 0.166 e. The number of ketones is 2. The normalized spacial score (nSPS) is 46.8. The number of ether oxygens (including phenoxy) is 1. The van der Waals surface area contributed by atoms with E-state index in [1.807, 2.05) is 18.2 Å². The third-order valence-electron chi connectivity index (χ3n) is 4.63. The molecule has 17 heavy (non-hydrogen) atoms. The van der Waals surface area contributed by atoms with E-state index in [4.69, 9.17) is 4.74 Å². The first-order valence-electron chi connectivity index (χ1n) is 6.37. The van der Waals surface area contributed by atoms with Gasteiger partial charge in [0.15, 0.2) is 5.78 Å². The van der Waals surface area contributed by atoms with Crippen molar-refractivity contribution in [1.29, 1.82) is 0 Å². The molecule has 1 heterocycles. The lowest BCUT2D eigenvalue weighted by molar-refractivity contribution is -0.138. The second kappa shape index (κ2) is 3.16. The molecule has 3 aliphatic carbocycles. The molecule has 5 atom stereocenters. The first kappa shape index (κ1) is 9.77. The molecule has 1 saturated heterocycles. The molecule has 0 spiro atoms. The van der Waals surface area contributed by atoms with Crippen LogP contribution in [0, 0.1) is 17.8 Å². The lowest BCUT2D eigenvalue weighted by Crippen LogP contribution is -2.47. The summed E-state index contributed by atoms with van der Waals surface area (Å²) < 4.78 is 5.53. The van der Waals surface area contributed by atoms with Crippen molar-refractivity contribution in [2.24, 2.45) is 17.8 Å². The van der Waals surface area contributed by atoms with Crippen molar-refractivity contribution >= 4 is 11.6 Å². The Balaban J connectivity index is 1.77. The number of carbonyl (C=O) groups excluding carboxylic acids is 2. The zero-order chi connectivity index (χ0) is 11.6. The Morgan fingerprint density at radius 1 is 1.24 bits per heavy atom. The van der Waals surface area contributed by atoms with Gasteiger partial charge in [-0.2, -0.15) is 0 Å². The summed E-state index contributed by atoms with van der Waals surface area (Å²) in [4.78, 5) is 24.9. The van der Waals surface area contributed by atoms with Crippen molar-refractivity contribution in [3.05, 3.63) is 23.8 Å². The highest BCUT2D eigenvalue weighted by Crippen LogP contribution is 2.50. The van der Waals surface area contributed by atoms with Gasteiger partial charge in [-0.05, 0) is 19.3 Å². The third-order valence-corrected chi connectivity index (χ3v) is 4.63. The summed E-state index contributed by atoms with van der Waals surface area (Å²) in [5, 5.41) is 0. The Labute approximate surface area is 99.5 Å². The Bertz CT molecular complexity index is 474. The summed E-state index contributed by atoms with van der Waals surface area (Å²) in [6.07, 6.45) is 8.49. The molecule has 0 aromatic carbocycles. The number of allylic oxidation sites excluding steroid dienone is 4. The average Bonchev–Trinajstić information content (AvgIpc) is 3.14. The second-order valence-electron chi connectivity index (χ2n) is 5.45. The minimum Gasteiger partial charge on any atom is -0.369 e. The van der Waals surface area contributed by atoms with E-state index in [1.165, 1.54) is 0 Å². The molecule has 4 rings (SSSR count). The molecular weight excluding hydrogens is 216 g/mol. The zero-order valence-electron chi connectivity index (χ0n) is 9.46. The van der Waals surface area contributed by atoms with Crippen LogP contribution in [-0.2, 0) is 14.3 Å². The number of Topliss-reactive ketones (excluding diaryl/α,β-unsaturated/α-hetero) is 2. The van der Waals surface area contributed by atoms with E-state index in [2.05, 4.69) is 0 Å². The van der Waals surface area contributed by atoms with E-state index in [0.717, 1.165) is 18.4 Å². The van der Waals surface area contributed by atoms with Gasteiger partial charge in [0.1, 0.15) is 5.78 Å². The molecule has 0 aromatic heterocycles. The van der Waals surface area contributed by atoms with Gasteiger partial charge in [-0.1, -0.05) is 18.2 Å². The van der Waals surface area contributed by atoms with Crippen LogP contribution in [0.25, 0.3) is 0 Å². The molecule has 0 amide bonds. The molecule has 88 valence electrons. The van der Waals surface area contributed by atoms with E-state index in [-0.39, 0.29) is 41.5 Å². The SMILES string of the molecule is O=C1C2CC=CC=C2C(=O)C2C1CCC1OC12. The van der Waals surface area contributed by atoms with E-state index in [9.17, 15) is 9.59 Å². The van der Waals surface area contributed by atoms with E-state index < -0.39 is 0 Å². The van der Waals surface area contributed by atoms with Gasteiger partial charge in [-0.3, -0.25) is 9.59 Å². The first-order chi connectivity index (χ1) is 8.27. The van der Waals surface area contributed by atoms with Crippen LogP contribution in [0.5, 0.6) is 0 Å². The molecule has 4 aliphatic rings. The topological polar surface area (TPSA) is 46.7 Å². The highest BCUT2D eigenvalue weighted by atomic mass is 16.6. The fourth-order valence-electron chi connectivity index (χ4n) is 3.71. The van der Waals surface area contributed by atoms with Crippen LogP contribution < -0.4 is 0 Å². The molecule has 0 radical (unpaired) electrons. The molecule has 3 nitrogen and oxygen atoms in total. The zero-order valence-corrected chi connectivity index (χ0v) is 9.46. The molecule has 2 saturated carbocycles. The summed E-state index contributed by atoms with van der Waals surface area (Å²) in [5.41, 5.74) is 0.731. The molecule has 3 fully saturated rings. The van der Waals surface area contributed by atoms with Crippen LogP contribution in [0.1, 0.15) is 19.3 Å². The largest absolute Gasteiger partial charge is 0.369 e. The molecule has 1 aliphatic heterocycles. The average molecular weight is 230 g/mol. The molecule has 0 bridgehead atoms. The maximum atomic E-state index is 12.4. The van der Waals surface area contributed by atoms with Crippen molar-refractivity contribution in [3.63, 3.8) is 0 Å². The Kier molecular flexibility index (Phi) is 1.82. The van der Waals surface area contributed by atoms with Crippen LogP contribution >= 0.6 is 0 Å². The van der Waals surface area contributed by atoms with Crippen LogP contribution in [0.4, 0.5) is 0 Å². The quantitative estimate of drug-likeness (QED) is 0.591. The Morgan fingerprint density at radius 3 is 3.00 bits per heavy atom. The first-order valence-corrected chi connectivity index (χ1v) is 6.37. The maximum absolute atomic E-state index is 12.4. The molecule has 0 N–H and O–H groups in total. The van der Waals surface area contributed by atoms with Gasteiger partial charge in [0, 0.05) is 17.4 Å². The van der Waals surface area contributed by atoms with Crippen molar-refractivity contribution in [2.45, 2.75) is 31.5 Å². The standard InChI is InChI=1S/C14H14O3/c15-12-7-3-1-2-4-8(7)13(16)11-9(12)5-6-10-14(11)17-10/h1-2,4,7,9-11,14H,3,5-6H2. The molecule has 3 heteroatoms. The molecule has 5 unspecified atom stereocenters. The lowest BCUT2D eigenvalue weighted by Gasteiger charge is -2.37. The minimum absolute atomic E-state index is 0.0398. The second-order valence-corrected chi connectivity index (χ2v) is 5.45. The fourth-order valence-corrected chi connectivity index (χ4v) is 3.71. The van der Waals surface area contributed by atoms with Crippen molar-refractivity contribution in [1.82, 2.24) is 0 Å². The lowest BCUT2D eigenvalue weighted by atomic mass is 9.62. The minimum atomic E-state index is -0.171. The number of rotatable bonds is 0. The summed E-state index contributed by atoms with van der Waals surface area (Å²) in [5.74, 6) is 0.0505. The van der Waals surface area contributed by atoms with Crippen molar-refractivity contribution in [2.75, 3.05) is 0 Å². The number of epoxide rings is 1. The van der Waals surface area contributed by atoms with Crippen LogP contribution in [0.2, 0.25) is 0 Å². The van der Waals surface area contributed by atoms with Gasteiger partial charge < -0.3 is 4.74 Å². The summed E-state index contributed by atoms with van der Waals surface area (Å²) in [6, 6.07) is 0. The predicted octanol–water partition coefficient (Wildman–Crippen LogP) is 1.43. The highest BCUT2D eigenvalue weighted by Gasteiger charge is 2.59. The van der Waals surface area contributed by atoms with E-state index in [0.29, 0.717) is 6.42 Å². The number of hydrogen-bond donors (Lipinski definition) is 0. The highest BCUT2D eigenvalue weighted by molar-refractivity contribution is 6.10. The third kappa shape index (κ3) is 1.20. The van der Waals surface area contributed by atoms with Gasteiger partial charge >= 0.3 is 0 Å². The summed E-state index contributed by atoms with van der Waals surface area (Å²) in [6.45, 7) is 0. The smallest absolute Gasteiger partial charge is 0.166 e. The van der Waals surface area contributed by atoms with Crippen molar-refractivity contribution in [3.8, 4) is 0 Å². The number of carbonyl (C=O) groups is 2. The van der Waals surface area contributed by atoms with Gasteiger partial charge in [-0.25, -0.2) is 0 Å². The van der Waals surface area contributed by atoms with Gasteiger partial charge in [0.2, 0.25) is 0 Å². The predicted molar refractivity (Wildman–Crippen MR) is 60.2 cm³/mol. The van der Waals surface area contributed by atoms with Gasteiger partial charge in [0.05, 0.1) is 18.1 Å². The van der Waals surface area contributed by atoms with E-state index >= 15 is 0 Å². The van der Waals surface area contributed by atoms with Gasteiger partial charge in [0.25, 0.3) is 0 Å². The molecular formula is C14H14O3. The number of fused-ring (bicyclic) bond motifs is 4. The van der Waals surface area contributed by atoms with Crippen LogP contribution in [0.3, 0.4) is 0 Å². The Morgan fingerprint density at radius 2 is 2.12 bits per heavy atom. The van der Waals surface area contributed by atoms with Crippen LogP contribution in [-0.4, -0.2) is 23.8 Å². The van der Waals surface area contributed by atoms with Crippen molar-refractivity contribution < 1.29 is 14.3 Å². The van der Waals surface area contributed by atoms with E-state index in [1.54, 1.807) is 0 Å². The Hall–Kier alpha value is -1.22. The summed E-state index contributed by atoms with van der Waals surface area (Å²) >= 11 is 0. The van der Waals surface area contributed by atoms with Crippen LogP contribution in [0.15, 0.2) is 23.8 Å². The fraction of sp³-hybridized carbons (Fsp3) is 0.571. The van der Waals surface area contributed by atoms with Gasteiger partial charge in [-0.15, -0.1) is 0 Å². The summed E-state index contributed by atoms with van der Waals surface area (Å²) in [7, 11) is 0. The molecule has 0 aromatic rings. The monoisotopic (exact) mass is 230 g/mol.